The zero-order valence-corrected chi connectivity index (χ0v) is 22.0. The Bertz CT molecular complexity index is 1300. The standard InChI is InChI=1S/C25H30Cl2FN7O2/c1-25(22(29)37)7-5-15(6-8-25)35-21-19(12-30-23(34-21)31-14-3-2-4-16(36)11-14)32-24(35)33-20-17(27)9-13(26)10-18(20)28/h9-10,12,14-16,36H,2-8,11H2,1H3,(H2,29,37)(H,32,33)(H,30,31,34)/t14-,15-,16-,25-/m1/s1. The van der Waals surface area contributed by atoms with Gasteiger partial charge in [-0.05, 0) is 63.5 Å². The summed E-state index contributed by atoms with van der Waals surface area (Å²) in [6.07, 6.45) is 7.13. The number of imidazole rings is 1. The molecule has 12 heteroatoms. The Morgan fingerprint density at radius 1 is 1.22 bits per heavy atom. The van der Waals surface area contributed by atoms with Crippen LogP contribution in [0.5, 0.6) is 0 Å². The average molecular weight is 550 g/mol. The highest BCUT2D eigenvalue weighted by molar-refractivity contribution is 6.36. The molecular formula is C25H30Cl2FN7O2. The second-order valence-corrected chi connectivity index (χ2v) is 11.2. The zero-order valence-electron chi connectivity index (χ0n) is 20.5. The lowest BCUT2D eigenvalue weighted by Crippen LogP contribution is -2.38. The summed E-state index contributed by atoms with van der Waals surface area (Å²) in [5, 5.41) is 16.7. The molecule has 2 aromatic heterocycles. The number of amides is 1. The Hall–Kier alpha value is -2.69. The summed E-state index contributed by atoms with van der Waals surface area (Å²) < 4.78 is 16.7. The highest BCUT2D eigenvalue weighted by atomic mass is 35.5. The van der Waals surface area contributed by atoms with Crippen molar-refractivity contribution in [3.05, 3.63) is 34.2 Å². The maximum absolute atomic E-state index is 14.8. The molecule has 0 radical (unpaired) electrons. The SMILES string of the molecule is C[C@]1(C(N)=O)CC[C@H](n2c(Nc3c(F)cc(Cl)cc3Cl)nc3cnc(N[C@@H]4CCC[C@@H](O)C4)nc32)CC1. The fraction of sp³-hybridized carbons (Fsp3) is 0.520. The number of anilines is 3. The molecule has 0 bridgehead atoms. The van der Waals surface area contributed by atoms with Crippen LogP contribution in [0.4, 0.5) is 22.0 Å². The Labute approximate surface area is 224 Å². The highest BCUT2D eigenvalue weighted by Crippen LogP contribution is 2.43. The lowest BCUT2D eigenvalue weighted by Gasteiger charge is -2.35. The van der Waals surface area contributed by atoms with Crippen LogP contribution < -0.4 is 16.4 Å². The van der Waals surface area contributed by atoms with Gasteiger partial charge in [-0.25, -0.2) is 14.4 Å². The first-order valence-electron chi connectivity index (χ1n) is 12.5. The van der Waals surface area contributed by atoms with E-state index in [0.717, 1.165) is 19.3 Å². The van der Waals surface area contributed by atoms with Gasteiger partial charge < -0.3 is 21.5 Å². The van der Waals surface area contributed by atoms with Crippen LogP contribution >= 0.6 is 23.2 Å². The quantitative estimate of drug-likeness (QED) is 0.326. The summed E-state index contributed by atoms with van der Waals surface area (Å²) in [6.45, 7) is 1.89. The van der Waals surface area contributed by atoms with E-state index in [4.69, 9.17) is 33.9 Å². The van der Waals surface area contributed by atoms with Gasteiger partial charge in [0.2, 0.25) is 17.8 Å². The lowest BCUT2D eigenvalue weighted by molar-refractivity contribution is -0.128. The van der Waals surface area contributed by atoms with Crippen molar-refractivity contribution in [3.8, 4) is 0 Å². The summed E-state index contributed by atoms with van der Waals surface area (Å²) in [7, 11) is 0. The van der Waals surface area contributed by atoms with Crippen LogP contribution in [-0.4, -0.2) is 42.7 Å². The molecule has 2 aliphatic rings. The van der Waals surface area contributed by atoms with Crippen molar-refractivity contribution in [2.45, 2.75) is 76.5 Å². The third kappa shape index (κ3) is 5.32. The number of benzene rings is 1. The van der Waals surface area contributed by atoms with Crippen molar-refractivity contribution in [1.82, 2.24) is 19.5 Å². The summed E-state index contributed by atoms with van der Waals surface area (Å²) in [4.78, 5) is 25.9. The fourth-order valence-electron chi connectivity index (χ4n) is 5.39. The number of halogens is 3. The van der Waals surface area contributed by atoms with Crippen LogP contribution in [0.25, 0.3) is 11.2 Å². The lowest BCUT2D eigenvalue weighted by atomic mass is 9.73. The first kappa shape index (κ1) is 25.9. The van der Waals surface area contributed by atoms with Gasteiger partial charge in [-0.1, -0.05) is 30.1 Å². The number of hydrogen-bond acceptors (Lipinski definition) is 7. The molecule has 1 aromatic carbocycles. The second kappa shape index (κ2) is 10.2. The molecule has 2 fully saturated rings. The molecule has 5 rings (SSSR count). The summed E-state index contributed by atoms with van der Waals surface area (Å²) >= 11 is 12.3. The number of rotatable bonds is 6. The van der Waals surface area contributed by atoms with Crippen LogP contribution in [0.2, 0.25) is 10.0 Å². The van der Waals surface area contributed by atoms with Crippen LogP contribution in [0.3, 0.4) is 0 Å². The van der Waals surface area contributed by atoms with E-state index in [1.54, 1.807) is 6.20 Å². The van der Waals surface area contributed by atoms with Crippen LogP contribution in [0, 0.1) is 11.2 Å². The minimum Gasteiger partial charge on any atom is -0.393 e. The molecule has 5 N–H and O–H groups in total. The number of aliphatic hydroxyl groups excluding tert-OH is 1. The van der Waals surface area contributed by atoms with Gasteiger partial charge in [-0.2, -0.15) is 4.98 Å². The largest absolute Gasteiger partial charge is 0.393 e. The number of primary amides is 1. The second-order valence-electron chi connectivity index (χ2n) is 10.4. The first-order chi connectivity index (χ1) is 17.6. The number of aliphatic hydroxyl groups is 1. The van der Waals surface area contributed by atoms with E-state index in [9.17, 15) is 14.3 Å². The van der Waals surface area contributed by atoms with Crippen molar-refractivity contribution >= 4 is 57.9 Å². The Balaban J connectivity index is 1.52. The molecule has 37 heavy (non-hydrogen) atoms. The molecule has 0 unspecified atom stereocenters. The van der Waals surface area contributed by atoms with E-state index in [0.29, 0.717) is 55.2 Å². The molecule has 2 saturated carbocycles. The van der Waals surface area contributed by atoms with Gasteiger partial charge >= 0.3 is 0 Å². The maximum Gasteiger partial charge on any atom is 0.224 e. The molecule has 0 saturated heterocycles. The molecular weight excluding hydrogens is 520 g/mol. The molecule has 2 heterocycles. The van der Waals surface area contributed by atoms with Crippen LogP contribution in [0.1, 0.15) is 64.3 Å². The molecule has 1 amide bonds. The maximum atomic E-state index is 14.8. The fourth-order valence-corrected chi connectivity index (χ4v) is 5.91. The number of hydrogen-bond donors (Lipinski definition) is 4. The number of nitrogens with one attached hydrogen (secondary N) is 2. The van der Waals surface area contributed by atoms with Crippen molar-refractivity contribution < 1.29 is 14.3 Å². The topological polar surface area (TPSA) is 131 Å². The minimum atomic E-state index is -0.606. The van der Waals surface area contributed by atoms with Gasteiger partial charge in [0.15, 0.2) is 5.65 Å². The van der Waals surface area contributed by atoms with E-state index < -0.39 is 11.2 Å². The Morgan fingerprint density at radius 2 is 1.97 bits per heavy atom. The molecule has 198 valence electrons. The van der Waals surface area contributed by atoms with Gasteiger partial charge in [0.1, 0.15) is 11.3 Å². The molecule has 0 aliphatic heterocycles. The van der Waals surface area contributed by atoms with E-state index in [2.05, 4.69) is 20.6 Å². The average Bonchev–Trinajstić information content (AvgIpc) is 3.19. The number of carbonyl (C=O) groups excluding carboxylic acids is 1. The Kier molecular flexibility index (Phi) is 7.17. The third-order valence-electron chi connectivity index (χ3n) is 7.67. The van der Waals surface area contributed by atoms with E-state index in [1.165, 1.54) is 12.1 Å². The molecule has 0 spiro atoms. The smallest absolute Gasteiger partial charge is 0.224 e. The normalized spacial score (nSPS) is 26.2. The van der Waals surface area contributed by atoms with Crippen LogP contribution in [0.15, 0.2) is 18.3 Å². The summed E-state index contributed by atoms with van der Waals surface area (Å²) in [5.41, 5.74) is 6.26. The van der Waals surface area contributed by atoms with Gasteiger partial charge in [-0.3, -0.25) is 9.36 Å². The van der Waals surface area contributed by atoms with Gasteiger partial charge in [0.05, 0.1) is 23.0 Å². The van der Waals surface area contributed by atoms with Crippen molar-refractivity contribution in [2.24, 2.45) is 11.1 Å². The van der Waals surface area contributed by atoms with Crippen molar-refractivity contribution in [2.75, 3.05) is 10.6 Å². The number of nitrogens with zero attached hydrogens (tertiary/aromatic N) is 4. The molecule has 2 aliphatic carbocycles. The summed E-state index contributed by atoms with van der Waals surface area (Å²) in [6, 6.07) is 2.65. The Morgan fingerprint density at radius 3 is 2.65 bits per heavy atom. The number of fused-ring (bicyclic) bond motifs is 1. The van der Waals surface area contributed by atoms with Crippen molar-refractivity contribution in [1.29, 1.82) is 0 Å². The minimum absolute atomic E-state index is 0.0582. The van der Waals surface area contributed by atoms with E-state index in [-0.39, 0.29) is 39.8 Å². The third-order valence-corrected chi connectivity index (χ3v) is 8.19. The monoisotopic (exact) mass is 549 g/mol. The van der Waals surface area contributed by atoms with Gasteiger partial charge in [-0.15, -0.1) is 0 Å². The molecule has 2 atom stereocenters. The molecule has 3 aromatic rings. The van der Waals surface area contributed by atoms with E-state index in [1.807, 2.05) is 11.5 Å². The predicted octanol–water partition coefficient (Wildman–Crippen LogP) is 5.34. The van der Waals surface area contributed by atoms with Gasteiger partial charge in [0.25, 0.3) is 0 Å². The van der Waals surface area contributed by atoms with Gasteiger partial charge in [0, 0.05) is 22.5 Å². The molecule has 9 nitrogen and oxygen atoms in total. The number of carbonyl (C=O) groups is 1. The number of aromatic nitrogens is 4. The van der Waals surface area contributed by atoms with Crippen LogP contribution in [-0.2, 0) is 4.79 Å². The van der Waals surface area contributed by atoms with E-state index >= 15 is 0 Å². The summed E-state index contributed by atoms with van der Waals surface area (Å²) in [5.74, 6) is -0.109. The predicted molar refractivity (Wildman–Crippen MR) is 142 cm³/mol. The number of nitrogens with two attached hydrogens (primary N) is 1. The highest BCUT2D eigenvalue weighted by Gasteiger charge is 2.38. The van der Waals surface area contributed by atoms with Crippen molar-refractivity contribution in [3.63, 3.8) is 0 Å². The first-order valence-corrected chi connectivity index (χ1v) is 13.3. The zero-order chi connectivity index (χ0) is 26.3.